The van der Waals surface area contributed by atoms with Crippen LogP contribution in [0.1, 0.15) is 30.6 Å². The van der Waals surface area contributed by atoms with Gasteiger partial charge in [-0.05, 0) is 53.7 Å². The number of amides is 2. The maximum Gasteiger partial charge on any atom is 0.315 e. The smallest absolute Gasteiger partial charge is 0.315 e. The van der Waals surface area contributed by atoms with Crippen LogP contribution in [0, 0.1) is 5.92 Å². The topological polar surface area (TPSA) is 78.4 Å². The number of rotatable bonds is 5. The molecule has 0 aromatic carbocycles. The fraction of sp³-hybridized carbons (Fsp3) is 0.571. The highest BCUT2D eigenvalue weighted by Crippen LogP contribution is 2.24. The number of carboxylic acid groups (broad SMARTS) is 1. The number of halogens is 1. The van der Waals surface area contributed by atoms with Crippen LogP contribution < -0.4 is 10.6 Å². The highest BCUT2D eigenvalue weighted by atomic mass is 79.9. The lowest BCUT2D eigenvalue weighted by Crippen LogP contribution is -2.45. The van der Waals surface area contributed by atoms with E-state index in [0.717, 1.165) is 23.0 Å². The van der Waals surface area contributed by atoms with E-state index in [1.807, 2.05) is 12.1 Å². The summed E-state index contributed by atoms with van der Waals surface area (Å²) in [5, 5.41) is 14.7. The SMILES string of the molecule is O=C(NCCc1ccc(Br)s1)NC1CCCC(C(=O)O)C1. The average Bonchev–Trinajstić information content (AvgIpc) is 2.84. The Morgan fingerprint density at radius 3 is 2.86 bits per heavy atom. The molecule has 0 aliphatic heterocycles. The number of nitrogens with one attached hydrogen (secondary N) is 2. The average molecular weight is 375 g/mol. The summed E-state index contributed by atoms with van der Waals surface area (Å²) in [4.78, 5) is 24.0. The van der Waals surface area contributed by atoms with Crippen LogP contribution in [0.5, 0.6) is 0 Å². The predicted octanol–water partition coefficient (Wildman–Crippen LogP) is 3.00. The molecule has 0 spiro atoms. The zero-order valence-corrected chi connectivity index (χ0v) is 14.0. The van der Waals surface area contributed by atoms with E-state index in [1.165, 1.54) is 4.88 Å². The minimum Gasteiger partial charge on any atom is -0.481 e. The third-order valence-electron chi connectivity index (χ3n) is 3.64. The number of hydrogen-bond donors (Lipinski definition) is 3. The molecular formula is C14H19BrN2O3S. The Morgan fingerprint density at radius 1 is 1.38 bits per heavy atom. The lowest BCUT2D eigenvalue weighted by molar-refractivity contribution is -0.143. The number of carbonyl (C=O) groups excluding carboxylic acids is 1. The molecule has 1 aromatic heterocycles. The Morgan fingerprint density at radius 2 is 2.19 bits per heavy atom. The Hall–Kier alpha value is -1.08. The van der Waals surface area contributed by atoms with Gasteiger partial charge in [-0.2, -0.15) is 0 Å². The Labute approximate surface area is 136 Å². The van der Waals surface area contributed by atoms with Gasteiger partial charge in [0.15, 0.2) is 0 Å². The van der Waals surface area contributed by atoms with Crippen molar-refractivity contribution < 1.29 is 14.7 Å². The maximum absolute atomic E-state index is 11.8. The van der Waals surface area contributed by atoms with Crippen LogP contribution in [-0.4, -0.2) is 29.7 Å². The number of carbonyl (C=O) groups is 2. The molecule has 1 aromatic rings. The van der Waals surface area contributed by atoms with E-state index in [1.54, 1.807) is 11.3 Å². The number of thiophene rings is 1. The van der Waals surface area contributed by atoms with Gasteiger partial charge in [0.25, 0.3) is 0 Å². The predicted molar refractivity (Wildman–Crippen MR) is 85.6 cm³/mol. The first-order valence-corrected chi connectivity index (χ1v) is 8.67. The van der Waals surface area contributed by atoms with Gasteiger partial charge in [0, 0.05) is 17.5 Å². The summed E-state index contributed by atoms with van der Waals surface area (Å²) in [6.07, 6.45) is 3.75. The standard InChI is InChI=1S/C14H19BrN2O3S/c15-12-5-4-11(21-12)6-7-16-14(20)17-10-3-1-2-9(8-10)13(18)19/h4-5,9-10H,1-3,6-8H2,(H,18,19)(H2,16,17,20). The van der Waals surface area contributed by atoms with Gasteiger partial charge in [0.1, 0.15) is 0 Å². The number of carboxylic acids is 1. The first-order chi connectivity index (χ1) is 10.0. The monoisotopic (exact) mass is 374 g/mol. The molecule has 1 saturated carbocycles. The minimum absolute atomic E-state index is 0.0317. The molecule has 2 atom stereocenters. The molecule has 2 unspecified atom stereocenters. The second-order valence-corrected chi connectivity index (χ2v) is 7.80. The van der Waals surface area contributed by atoms with Gasteiger partial charge in [-0.15, -0.1) is 11.3 Å². The molecule has 1 heterocycles. The van der Waals surface area contributed by atoms with E-state index in [4.69, 9.17) is 5.11 Å². The summed E-state index contributed by atoms with van der Waals surface area (Å²) in [5.74, 6) is -1.09. The van der Waals surface area contributed by atoms with Crippen molar-refractivity contribution >= 4 is 39.3 Å². The van der Waals surface area contributed by atoms with E-state index < -0.39 is 5.97 Å². The lowest BCUT2D eigenvalue weighted by atomic mass is 9.86. The van der Waals surface area contributed by atoms with Gasteiger partial charge < -0.3 is 15.7 Å². The van der Waals surface area contributed by atoms with Crippen molar-refractivity contribution in [1.29, 1.82) is 0 Å². The first-order valence-electron chi connectivity index (χ1n) is 7.06. The summed E-state index contributed by atoms with van der Waals surface area (Å²) in [6.45, 7) is 0.577. The van der Waals surface area contributed by atoms with E-state index in [0.29, 0.717) is 19.4 Å². The second kappa shape index (κ2) is 7.79. The third kappa shape index (κ3) is 5.32. The van der Waals surface area contributed by atoms with E-state index in [-0.39, 0.29) is 18.0 Å². The Kier molecular flexibility index (Phi) is 6.05. The van der Waals surface area contributed by atoms with Gasteiger partial charge in [-0.3, -0.25) is 4.79 Å². The molecule has 1 aliphatic carbocycles. The third-order valence-corrected chi connectivity index (χ3v) is 5.33. The largest absolute Gasteiger partial charge is 0.481 e. The molecular weight excluding hydrogens is 356 g/mol. The van der Waals surface area contributed by atoms with E-state index in [2.05, 4.69) is 26.6 Å². The zero-order chi connectivity index (χ0) is 15.2. The van der Waals surface area contributed by atoms with Crippen molar-refractivity contribution in [1.82, 2.24) is 10.6 Å². The highest BCUT2D eigenvalue weighted by molar-refractivity contribution is 9.11. The van der Waals surface area contributed by atoms with Crippen LogP contribution in [0.4, 0.5) is 4.79 Å². The van der Waals surface area contributed by atoms with E-state index in [9.17, 15) is 9.59 Å². The maximum atomic E-state index is 11.8. The minimum atomic E-state index is -0.759. The van der Waals surface area contributed by atoms with Crippen LogP contribution in [-0.2, 0) is 11.2 Å². The molecule has 0 radical (unpaired) electrons. The van der Waals surface area contributed by atoms with Crippen molar-refractivity contribution in [3.8, 4) is 0 Å². The Balaban J connectivity index is 1.68. The molecule has 0 saturated heterocycles. The van der Waals surface area contributed by atoms with Gasteiger partial charge in [0.05, 0.1) is 9.70 Å². The number of urea groups is 1. The summed E-state index contributed by atoms with van der Waals surface area (Å²) in [6, 6.07) is 3.79. The zero-order valence-electron chi connectivity index (χ0n) is 11.6. The molecule has 5 nitrogen and oxygen atoms in total. The van der Waals surface area contributed by atoms with Crippen molar-refractivity contribution in [3.05, 3.63) is 20.8 Å². The van der Waals surface area contributed by atoms with Gasteiger partial charge >= 0.3 is 12.0 Å². The molecule has 0 bridgehead atoms. The second-order valence-electron chi connectivity index (χ2n) is 5.25. The van der Waals surface area contributed by atoms with Crippen LogP contribution in [0.15, 0.2) is 15.9 Å². The number of aliphatic carboxylic acids is 1. The molecule has 2 rings (SSSR count). The molecule has 2 amide bonds. The molecule has 3 N–H and O–H groups in total. The van der Waals surface area contributed by atoms with Gasteiger partial charge in [0.2, 0.25) is 0 Å². The lowest BCUT2D eigenvalue weighted by Gasteiger charge is -2.27. The fourth-order valence-electron chi connectivity index (χ4n) is 2.57. The van der Waals surface area contributed by atoms with Gasteiger partial charge in [-0.1, -0.05) is 6.42 Å². The summed E-state index contributed by atoms with van der Waals surface area (Å²) < 4.78 is 1.09. The fourth-order valence-corrected chi connectivity index (χ4v) is 4.05. The number of hydrogen-bond acceptors (Lipinski definition) is 3. The van der Waals surface area contributed by atoms with Crippen LogP contribution in [0.3, 0.4) is 0 Å². The van der Waals surface area contributed by atoms with Crippen molar-refractivity contribution in [3.63, 3.8) is 0 Å². The molecule has 7 heteroatoms. The van der Waals surface area contributed by atoms with Gasteiger partial charge in [-0.25, -0.2) is 4.79 Å². The molecule has 1 fully saturated rings. The normalized spacial score (nSPS) is 21.8. The summed E-state index contributed by atoms with van der Waals surface area (Å²) in [5.41, 5.74) is 0. The first kappa shape index (κ1) is 16.3. The molecule has 116 valence electrons. The van der Waals surface area contributed by atoms with Crippen LogP contribution in [0.2, 0.25) is 0 Å². The van der Waals surface area contributed by atoms with Crippen LogP contribution in [0.25, 0.3) is 0 Å². The van der Waals surface area contributed by atoms with Crippen molar-refractivity contribution in [2.24, 2.45) is 5.92 Å². The van der Waals surface area contributed by atoms with E-state index >= 15 is 0 Å². The molecule has 1 aliphatic rings. The van der Waals surface area contributed by atoms with Crippen molar-refractivity contribution in [2.45, 2.75) is 38.1 Å². The molecule has 21 heavy (non-hydrogen) atoms. The quantitative estimate of drug-likeness (QED) is 0.740. The summed E-state index contributed by atoms with van der Waals surface area (Å²) >= 11 is 5.07. The highest BCUT2D eigenvalue weighted by Gasteiger charge is 2.27. The summed E-state index contributed by atoms with van der Waals surface area (Å²) in [7, 11) is 0. The van der Waals surface area contributed by atoms with Crippen molar-refractivity contribution in [2.75, 3.05) is 6.54 Å². The Bertz CT molecular complexity index is 506. The van der Waals surface area contributed by atoms with Crippen LogP contribution >= 0.6 is 27.3 Å².